The Morgan fingerprint density at radius 2 is 2.00 bits per heavy atom. The number of imidazole rings is 1. The first-order chi connectivity index (χ1) is 16.6. The van der Waals surface area contributed by atoms with Gasteiger partial charge in [0, 0.05) is 26.2 Å². The number of hydrogen-bond donors (Lipinski definition) is 1. The third-order valence-corrected chi connectivity index (χ3v) is 6.85. The molecule has 0 spiro atoms. The van der Waals surface area contributed by atoms with E-state index < -0.39 is 11.7 Å². The van der Waals surface area contributed by atoms with Crippen LogP contribution in [0.2, 0.25) is 0 Å². The van der Waals surface area contributed by atoms with Gasteiger partial charge in [0.05, 0.1) is 6.54 Å². The van der Waals surface area contributed by atoms with Gasteiger partial charge in [0.2, 0.25) is 5.95 Å². The van der Waals surface area contributed by atoms with Crippen LogP contribution in [0.15, 0.2) is 34.2 Å². The van der Waals surface area contributed by atoms with E-state index in [9.17, 15) is 9.59 Å². The number of nitrogens with one attached hydrogen (secondary N) is 1. The highest BCUT2D eigenvalue weighted by Gasteiger charge is 2.29. The van der Waals surface area contributed by atoms with E-state index in [0.29, 0.717) is 35.4 Å². The summed E-state index contributed by atoms with van der Waals surface area (Å²) < 4.78 is 9.01. The molecule has 3 aromatic rings. The van der Waals surface area contributed by atoms with Crippen LogP contribution in [0, 0.1) is 6.92 Å². The summed E-state index contributed by atoms with van der Waals surface area (Å²) in [4.78, 5) is 37.5. The number of hydrogen-bond acceptors (Lipinski definition) is 7. The van der Waals surface area contributed by atoms with E-state index in [4.69, 9.17) is 9.72 Å². The molecule has 0 radical (unpaired) electrons. The Balaban J connectivity index is 1.73. The van der Waals surface area contributed by atoms with Crippen molar-refractivity contribution in [3.05, 3.63) is 45.7 Å². The van der Waals surface area contributed by atoms with E-state index >= 15 is 0 Å². The van der Waals surface area contributed by atoms with Gasteiger partial charge in [-0.3, -0.25) is 13.9 Å². The maximum Gasteiger partial charge on any atom is 0.407 e. The van der Waals surface area contributed by atoms with Crippen molar-refractivity contribution in [3.8, 4) is 0 Å². The summed E-state index contributed by atoms with van der Waals surface area (Å²) in [7, 11) is 1.74. The second-order valence-corrected chi connectivity index (χ2v) is 10.8. The number of rotatable bonds is 5. The van der Waals surface area contributed by atoms with Gasteiger partial charge in [-0.1, -0.05) is 36.0 Å². The number of aromatic nitrogens is 4. The second kappa shape index (κ2) is 9.93. The molecule has 9 nitrogen and oxygen atoms in total. The molecule has 0 bridgehead atoms. The molecule has 2 aromatic heterocycles. The van der Waals surface area contributed by atoms with E-state index in [1.54, 1.807) is 11.6 Å². The number of alkyl carbamates (subject to hydrolysis) is 1. The number of anilines is 1. The lowest BCUT2D eigenvalue weighted by molar-refractivity contribution is 0.0500. The zero-order valence-corrected chi connectivity index (χ0v) is 22.1. The summed E-state index contributed by atoms with van der Waals surface area (Å²) in [5.41, 5.74) is 2.53. The van der Waals surface area contributed by atoms with Crippen LogP contribution in [0.25, 0.3) is 11.2 Å². The van der Waals surface area contributed by atoms with Crippen molar-refractivity contribution in [1.29, 1.82) is 0 Å². The number of nitrogens with zero attached hydrogens (tertiary/aromatic N) is 5. The van der Waals surface area contributed by atoms with Gasteiger partial charge in [0.25, 0.3) is 5.56 Å². The lowest BCUT2D eigenvalue weighted by Crippen LogP contribution is -2.49. The lowest BCUT2D eigenvalue weighted by atomic mass is 10.1. The van der Waals surface area contributed by atoms with Crippen LogP contribution in [0.1, 0.15) is 44.7 Å². The molecule has 0 aliphatic carbocycles. The van der Waals surface area contributed by atoms with Crippen LogP contribution in [-0.2, 0) is 18.3 Å². The van der Waals surface area contributed by atoms with Crippen molar-refractivity contribution in [3.63, 3.8) is 0 Å². The molecule has 1 fully saturated rings. The first kappa shape index (κ1) is 25.1. The largest absolute Gasteiger partial charge is 0.444 e. The van der Waals surface area contributed by atoms with E-state index in [-0.39, 0.29) is 11.6 Å². The molecule has 1 aromatic carbocycles. The van der Waals surface area contributed by atoms with Crippen molar-refractivity contribution in [2.24, 2.45) is 7.05 Å². The predicted molar refractivity (Wildman–Crippen MR) is 139 cm³/mol. The first-order valence-corrected chi connectivity index (χ1v) is 13.1. The SMILES string of the molecule is CSc1nc2nc(N3CCC[C@@H](NC(=O)OC(C)(C)C)C3)n(Cc3ccccc3C)c2c(=O)n1C. The standard InChI is InChI=1S/C25H34N6O3S/c1-16-10-7-8-11-17(16)14-31-19-20(28-23(35-6)29(5)21(19)32)27-22(31)30-13-9-12-18(15-30)26-24(33)34-25(2,3)4/h7-8,10-11,18H,9,12-15H2,1-6H3,(H,26,33)/t18-/m1/s1. The van der Waals surface area contributed by atoms with Crippen molar-refractivity contribution >= 4 is 35.0 Å². The van der Waals surface area contributed by atoms with E-state index in [1.807, 2.05) is 43.7 Å². The summed E-state index contributed by atoms with van der Waals surface area (Å²) >= 11 is 1.42. The Bertz CT molecular complexity index is 1290. The molecule has 1 aliphatic rings. The number of ether oxygens (including phenoxy) is 1. The highest BCUT2D eigenvalue weighted by Crippen LogP contribution is 2.26. The quantitative estimate of drug-likeness (QED) is 0.423. The topological polar surface area (TPSA) is 94.3 Å². The molecule has 1 amide bonds. The van der Waals surface area contributed by atoms with Crippen molar-refractivity contribution in [2.45, 2.75) is 63.9 Å². The fourth-order valence-corrected chi connectivity index (χ4v) is 4.95. The Morgan fingerprint density at radius 3 is 2.69 bits per heavy atom. The molecule has 4 rings (SSSR count). The normalized spacial score (nSPS) is 16.5. The van der Waals surface area contributed by atoms with Crippen LogP contribution in [0.4, 0.5) is 10.7 Å². The molecule has 10 heteroatoms. The summed E-state index contributed by atoms with van der Waals surface area (Å²) in [6.45, 7) is 9.48. The van der Waals surface area contributed by atoms with Crippen molar-refractivity contribution < 1.29 is 9.53 Å². The third kappa shape index (κ3) is 5.47. The molecular formula is C25H34N6O3S. The summed E-state index contributed by atoms with van der Waals surface area (Å²) in [6, 6.07) is 8.07. The van der Waals surface area contributed by atoms with Gasteiger partial charge in [-0.05, 0) is 57.9 Å². The zero-order chi connectivity index (χ0) is 25.3. The summed E-state index contributed by atoms with van der Waals surface area (Å²) in [6.07, 6.45) is 3.22. The fraction of sp³-hybridized carbons (Fsp3) is 0.520. The van der Waals surface area contributed by atoms with E-state index in [2.05, 4.69) is 34.3 Å². The number of thioether (sulfide) groups is 1. The number of fused-ring (bicyclic) bond motifs is 1. The van der Waals surface area contributed by atoms with Gasteiger partial charge in [0.15, 0.2) is 16.3 Å². The second-order valence-electron chi connectivity index (χ2n) is 9.99. The molecule has 3 heterocycles. The average Bonchev–Trinajstić information content (AvgIpc) is 3.15. The zero-order valence-electron chi connectivity index (χ0n) is 21.3. The van der Waals surface area contributed by atoms with Gasteiger partial charge in [-0.25, -0.2) is 9.78 Å². The molecule has 1 saturated heterocycles. The van der Waals surface area contributed by atoms with Crippen molar-refractivity contribution in [2.75, 3.05) is 24.2 Å². The highest BCUT2D eigenvalue weighted by molar-refractivity contribution is 7.98. The maximum atomic E-state index is 13.4. The number of benzene rings is 1. The van der Waals surface area contributed by atoms with E-state index in [0.717, 1.165) is 30.5 Å². The monoisotopic (exact) mass is 498 g/mol. The van der Waals surface area contributed by atoms with Gasteiger partial charge >= 0.3 is 6.09 Å². The minimum Gasteiger partial charge on any atom is -0.444 e. The summed E-state index contributed by atoms with van der Waals surface area (Å²) in [5, 5.41) is 3.62. The number of carbonyl (C=O) groups excluding carboxylic acids is 1. The average molecular weight is 499 g/mol. The number of carbonyl (C=O) groups is 1. The number of aryl methyl sites for hydroxylation is 1. The Morgan fingerprint density at radius 1 is 1.26 bits per heavy atom. The van der Waals surface area contributed by atoms with Crippen LogP contribution in [0.3, 0.4) is 0 Å². The van der Waals surface area contributed by atoms with E-state index in [1.165, 1.54) is 11.8 Å². The Kier molecular flexibility index (Phi) is 7.12. The van der Waals surface area contributed by atoms with Crippen LogP contribution < -0.4 is 15.8 Å². The predicted octanol–water partition coefficient (Wildman–Crippen LogP) is 3.70. The minimum absolute atomic E-state index is 0.0807. The van der Waals surface area contributed by atoms with Crippen LogP contribution in [0.5, 0.6) is 0 Å². The molecule has 1 aliphatic heterocycles. The molecule has 35 heavy (non-hydrogen) atoms. The smallest absolute Gasteiger partial charge is 0.407 e. The Labute approximate surface area is 209 Å². The molecule has 188 valence electrons. The fourth-order valence-electron chi connectivity index (χ4n) is 4.41. The van der Waals surface area contributed by atoms with Gasteiger partial charge in [-0.2, -0.15) is 4.98 Å². The molecular weight excluding hydrogens is 464 g/mol. The molecule has 1 N–H and O–H groups in total. The van der Waals surface area contributed by atoms with Gasteiger partial charge < -0.3 is 15.0 Å². The van der Waals surface area contributed by atoms with Crippen molar-refractivity contribution in [1.82, 2.24) is 24.4 Å². The number of piperidine rings is 1. The highest BCUT2D eigenvalue weighted by atomic mass is 32.2. The minimum atomic E-state index is -0.555. The lowest BCUT2D eigenvalue weighted by Gasteiger charge is -2.34. The van der Waals surface area contributed by atoms with Gasteiger partial charge in [0.1, 0.15) is 5.60 Å². The van der Waals surface area contributed by atoms with Crippen LogP contribution >= 0.6 is 11.8 Å². The third-order valence-electron chi connectivity index (χ3n) is 6.12. The van der Waals surface area contributed by atoms with Gasteiger partial charge in [-0.15, -0.1) is 0 Å². The molecule has 1 atom stereocenters. The molecule has 0 unspecified atom stereocenters. The van der Waals surface area contributed by atoms with Crippen LogP contribution in [-0.4, -0.2) is 56.2 Å². The maximum absolute atomic E-state index is 13.4. The molecule has 0 saturated carbocycles. The summed E-state index contributed by atoms with van der Waals surface area (Å²) in [5.74, 6) is 0.696. The Hall–Kier alpha value is -3.01. The number of amides is 1. The first-order valence-electron chi connectivity index (χ1n) is 11.9.